The molecule has 1 saturated heterocycles. The summed E-state index contributed by atoms with van der Waals surface area (Å²) in [5, 5.41) is 8.78. The average molecular weight is 402 g/mol. The molecule has 2 aromatic rings. The second-order valence-corrected chi connectivity index (χ2v) is 8.71. The van der Waals surface area contributed by atoms with Crippen LogP contribution in [-0.2, 0) is 0 Å². The van der Waals surface area contributed by atoms with Crippen molar-refractivity contribution in [1.29, 1.82) is 0 Å². The minimum absolute atomic E-state index is 0.124. The van der Waals surface area contributed by atoms with Crippen LogP contribution in [0.4, 0.5) is 4.39 Å². The van der Waals surface area contributed by atoms with Gasteiger partial charge in [0.2, 0.25) is 0 Å². The molecule has 1 aromatic heterocycles. The number of hydrogen-bond donors (Lipinski definition) is 1. The van der Waals surface area contributed by atoms with Crippen molar-refractivity contribution in [2.45, 2.75) is 83.8 Å². The maximum atomic E-state index is 13.5. The van der Waals surface area contributed by atoms with Gasteiger partial charge in [-0.3, -0.25) is 0 Å². The SMILES string of the molecule is CCC(CC1CCCN1CC[C@H](N)c1cccc(F)c1)n1c(C)nnc1C(C)C. The zero-order chi connectivity index (χ0) is 21.0. The molecule has 3 atom stereocenters. The van der Waals surface area contributed by atoms with Gasteiger partial charge in [-0.2, -0.15) is 0 Å². The zero-order valence-electron chi connectivity index (χ0n) is 18.3. The molecule has 0 spiro atoms. The molecule has 1 aromatic carbocycles. The van der Waals surface area contributed by atoms with E-state index >= 15 is 0 Å². The van der Waals surface area contributed by atoms with E-state index in [1.807, 2.05) is 6.07 Å². The highest BCUT2D eigenvalue weighted by Crippen LogP contribution is 2.31. The lowest BCUT2D eigenvalue weighted by atomic mass is 10.0. The third-order valence-electron chi connectivity index (χ3n) is 6.29. The average Bonchev–Trinajstić information content (AvgIpc) is 3.30. The van der Waals surface area contributed by atoms with E-state index in [9.17, 15) is 4.39 Å². The molecule has 1 aliphatic rings. The van der Waals surface area contributed by atoms with Gasteiger partial charge < -0.3 is 15.2 Å². The van der Waals surface area contributed by atoms with E-state index in [1.165, 1.54) is 18.9 Å². The second-order valence-electron chi connectivity index (χ2n) is 8.71. The summed E-state index contributed by atoms with van der Waals surface area (Å²) >= 11 is 0. The Bertz CT molecular complexity index is 787. The number of rotatable bonds is 9. The molecule has 5 nitrogen and oxygen atoms in total. The molecular formula is C23H36FN5. The van der Waals surface area contributed by atoms with Crippen molar-refractivity contribution in [1.82, 2.24) is 19.7 Å². The quantitative estimate of drug-likeness (QED) is 0.659. The molecule has 0 amide bonds. The number of aromatic nitrogens is 3. The third kappa shape index (κ3) is 5.23. The first-order valence-corrected chi connectivity index (χ1v) is 11.1. The van der Waals surface area contributed by atoms with E-state index < -0.39 is 0 Å². The molecule has 0 radical (unpaired) electrons. The Hall–Kier alpha value is -1.79. The second kappa shape index (κ2) is 9.81. The zero-order valence-corrected chi connectivity index (χ0v) is 18.3. The van der Waals surface area contributed by atoms with E-state index in [-0.39, 0.29) is 11.9 Å². The third-order valence-corrected chi connectivity index (χ3v) is 6.29. The van der Waals surface area contributed by atoms with Gasteiger partial charge in [0.25, 0.3) is 0 Å². The van der Waals surface area contributed by atoms with Crippen LogP contribution in [0.2, 0.25) is 0 Å². The van der Waals surface area contributed by atoms with Gasteiger partial charge in [-0.15, -0.1) is 10.2 Å². The molecular weight excluding hydrogens is 365 g/mol. The summed E-state index contributed by atoms with van der Waals surface area (Å²) in [5.41, 5.74) is 7.23. The van der Waals surface area contributed by atoms with Crippen molar-refractivity contribution in [3.63, 3.8) is 0 Å². The van der Waals surface area contributed by atoms with Crippen molar-refractivity contribution >= 4 is 0 Å². The van der Waals surface area contributed by atoms with Gasteiger partial charge in [-0.25, -0.2) is 4.39 Å². The van der Waals surface area contributed by atoms with Gasteiger partial charge in [-0.1, -0.05) is 32.9 Å². The lowest BCUT2D eigenvalue weighted by Crippen LogP contribution is -2.34. The van der Waals surface area contributed by atoms with Crippen LogP contribution < -0.4 is 5.73 Å². The Morgan fingerprint density at radius 3 is 2.76 bits per heavy atom. The van der Waals surface area contributed by atoms with Gasteiger partial charge in [0.15, 0.2) is 0 Å². The van der Waals surface area contributed by atoms with E-state index in [4.69, 9.17) is 5.73 Å². The van der Waals surface area contributed by atoms with Gasteiger partial charge in [0.1, 0.15) is 17.5 Å². The molecule has 2 heterocycles. The summed E-state index contributed by atoms with van der Waals surface area (Å²) < 4.78 is 15.9. The number of likely N-dealkylation sites (tertiary alicyclic amines) is 1. The standard InChI is InChI=1S/C23H36FN5/c1-5-20(29-17(4)26-27-23(29)16(2)3)15-21-10-7-12-28(21)13-11-22(25)18-8-6-9-19(24)14-18/h6,8-9,14,16,20-22H,5,7,10-13,15,25H2,1-4H3/t20?,21?,22-/m0/s1. The summed E-state index contributed by atoms with van der Waals surface area (Å²) in [5.74, 6) is 2.26. The van der Waals surface area contributed by atoms with E-state index in [1.54, 1.807) is 12.1 Å². The van der Waals surface area contributed by atoms with Crippen molar-refractivity contribution < 1.29 is 4.39 Å². The fourth-order valence-electron chi connectivity index (χ4n) is 4.66. The number of benzene rings is 1. The molecule has 6 heteroatoms. The van der Waals surface area contributed by atoms with Gasteiger partial charge in [0, 0.05) is 30.6 Å². The smallest absolute Gasteiger partial charge is 0.135 e. The number of aryl methyl sites for hydroxylation is 1. The number of nitrogens with two attached hydrogens (primary N) is 1. The molecule has 2 unspecified atom stereocenters. The molecule has 0 saturated carbocycles. The normalized spacial score (nSPS) is 19.8. The highest BCUT2D eigenvalue weighted by atomic mass is 19.1. The predicted molar refractivity (Wildman–Crippen MR) is 115 cm³/mol. The molecule has 1 fully saturated rings. The highest BCUT2D eigenvalue weighted by molar-refractivity contribution is 5.19. The van der Waals surface area contributed by atoms with Crippen LogP contribution in [0.5, 0.6) is 0 Å². The summed E-state index contributed by atoms with van der Waals surface area (Å²) in [7, 11) is 0. The molecule has 29 heavy (non-hydrogen) atoms. The Labute approximate surface area is 174 Å². The van der Waals surface area contributed by atoms with Crippen LogP contribution in [0.15, 0.2) is 24.3 Å². The Morgan fingerprint density at radius 2 is 2.07 bits per heavy atom. The topological polar surface area (TPSA) is 60.0 Å². The van der Waals surface area contributed by atoms with Crippen LogP contribution in [0.3, 0.4) is 0 Å². The first-order valence-electron chi connectivity index (χ1n) is 11.1. The lowest BCUT2D eigenvalue weighted by molar-refractivity contribution is 0.208. The molecule has 0 aliphatic carbocycles. The lowest BCUT2D eigenvalue weighted by Gasteiger charge is -2.30. The van der Waals surface area contributed by atoms with E-state index in [0.717, 1.165) is 49.6 Å². The summed E-state index contributed by atoms with van der Waals surface area (Å²) in [6, 6.07) is 7.54. The maximum Gasteiger partial charge on any atom is 0.135 e. The van der Waals surface area contributed by atoms with Crippen LogP contribution in [-0.4, -0.2) is 38.8 Å². The first-order chi connectivity index (χ1) is 13.9. The van der Waals surface area contributed by atoms with E-state index in [2.05, 4.69) is 47.4 Å². The molecule has 160 valence electrons. The molecule has 0 bridgehead atoms. The highest BCUT2D eigenvalue weighted by Gasteiger charge is 2.29. The summed E-state index contributed by atoms with van der Waals surface area (Å²) in [4.78, 5) is 2.58. The van der Waals surface area contributed by atoms with Crippen molar-refractivity contribution in [2.24, 2.45) is 5.73 Å². The Morgan fingerprint density at radius 1 is 1.28 bits per heavy atom. The monoisotopic (exact) mass is 401 g/mol. The van der Waals surface area contributed by atoms with E-state index in [0.29, 0.717) is 18.0 Å². The van der Waals surface area contributed by atoms with Gasteiger partial charge in [-0.05, 0) is 63.3 Å². The molecule has 2 N–H and O–H groups in total. The number of hydrogen-bond acceptors (Lipinski definition) is 4. The fraction of sp³-hybridized carbons (Fsp3) is 0.652. The van der Waals surface area contributed by atoms with Crippen molar-refractivity contribution in [2.75, 3.05) is 13.1 Å². The predicted octanol–water partition coefficient (Wildman–Crippen LogP) is 4.74. The van der Waals surface area contributed by atoms with Crippen LogP contribution in [0.25, 0.3) is 0 Å². The minimum atomic E-state index is -0.215. The van der Waals surface area contributed by atoms with Crippen LogP contribution in [0.1, 0.15) is 88.1 Å². The maximum absolute atomic E-state index is 13.5. The summed E-state index contributed by atoms with van der Waals surface area (Å²) in [6.45, 7) is 10.8. The van der Waals surface area contributed by atoms with Crippen LogP contribution in [0, 0.1) is 12.7 Å². The first kappa shape index (κ1) is 21.9. The summed E-state index contributed by atoms with van der Waals surface area (Å²) in [6.07, 6.45) is 5.49. The Balaban J connectivity index is 1.63. The number of halogens is 1. The van der Waals surface area contributed by atoms with Gasteiger partial charge >= 0.3 is 0 Å². The minimum Gasteiger partial charge on any atom is -0.324 e. The van der Waals surface area contributed by atoms with Crippen molar-refractivity contribution in [3.05, 3.63) is 47.3 Å². The van der Waals surface area contributed by atoms with Crippen LogP contribution >= 0.6 is 0 Å². The van der Waals surface area contributed by atoms with Gasteiger partial charge in [0.05, 0.1) is 0 Å². The molecule has 3 rings (SSSR count). The Kier molecular flexibility index (Phi) is 7.41. The largest absolute Gasteiger partial charge is 0.324 e. The van der Waals surface area contributed by atoms with Crippen molar-refractivity contribution in [3.8, 4) is 0 Å². The number of nitrogens with zero attached hydrogens (tertiary/aromatic N) is 4. The molecule has 1 aliphatic heterocycles. The fourth-order valence-corrected chi connectivity index (χ4v) is 4.66.